The Labute approximate surface area is 189 Å². The van der Waals surface area contributed by atoms with Crippen molar-refractivity contribution in [3.05, 3.63) is 81.4 Å². The minimum atomic E-state index is -0.130. The van der Waals surface area contributed by atoms with Gasteiger partial charge in [0.15, 0.2) is 0 Å². The normalized spacial score (nSPS) is 11.0. The highest BCUT2D eigenvalue weighted by Crippen LogP contribution is 2.33. The Bertz CT molecular complexity index is 1210. The first-order valence-corrected chi connectivity index (χ1v) is 10.6. The van der Waals surface area contributed by atoms with Crippen LogP contribution in [-0.2, 0) is 11.2 Å². The number of pyridine rings is 1. The molecule has 0 spiro atoms. The van der Waals surface area contributed by atoms with Crippen LogP contribution in [0.1, 0.15) is 18.4 Å². The Morgan fingerprint density at radius 3 is 2.53 bits per heavy atom. The first-order chi connectivity index (χ1) is 14.5. The van der Waals surface area contributed by atoms with Gasteiger partial charge in [-0.2, -0.15) is 0 Å². The molecule has 2 aromatic heterocycles. The van der Waals surface area contributed by atoms with Crippen molar-refractivity contribution in [1.82, 2.24) is 9.97 Å². The number of H-pyrrole nitrogens is 1. The summed E-state index contributed by atoms with van der Waals surface area (Å²) in [6.45, 7) is 0. The number of hydrogen-bond donors (Lipinski definition) is 2. The van der Waals surface area contributed by atoms with E-state index in [4.69, 9.17) is 34.8 Å². The molecule has 0 radical (unpaired) electrons. The average molecular weight is 459 g/mol. The molecule has 4 aromatic rings. The zero-order valence-corrected chi connectivity index (χ0v) is 18.2. The molecule has 0 unspecified atom stereocenters. The summed E-state index contributed by atoms with van der Waals surface area (Å²) in [5.41, 5.74) is 4.54. The Morgan fingerprint density at radius 1 is 0.967 bits per heavy atom. The van der Waals surface area contributed by atoms with Crippen molar-refractivity contribution in [2.75, 3.05) is 5.32 Å². The van der Waals surface area contributed by atoms with Crippen LogP contribution in [-0.4, -0.2) is 15.9 Å². The van der Waals surface area contributed by atoms with Crippen LogP contribution in [0.5, 0.6) is 0 Å². The van der Waals surface area contributed by atoms with E-state index < -0.39 is 0 Å². The maximum absolute atomic E-state index is 12.4. The fourth-order valence-corrected chi connectivity index (χ4v) is 4.04. The van der Waals surface area contributed by atoms with Gasteiger partial charge in [-0.1, -0.05) is 59.1 Å². The summed E-state index contributed by atoms with van der Waals surface area (Å²) in [7, 11) is 0. The molecule has 0 saturated carbocycles. The molecule has 152 valence electrons. The van der Waals surface area contributed by atoms with Crippen molar-refractivity contribution in [1.29, 1.82) is 0 Å². The molecule has 0 saturated heterocycles. The number of nitrogens with one attached hydrogen (secondary N) is 2. The Balaban J connectivity index is 1.49. The van der Waals surface area contributed by atoms with E-state index in [9.17, 15) is 4.79 Å². The average Bonchev–Trinajstić information content (AvgIpc) is 3.11. The number of anilines is 1. The molecule has 0 atom stereocenters. The summed E-state index contributed by atoms with van der Waals surface area (Å²) in [5.74, 6) is -0.130. The summed E-state index contributed by atoms with van der Waals surface area (Å²) in [4.78, 5) is 20.4. The maximum Gasteiger partial charge on any atom is 0.224 e. The molecule has 2 N–H and O–H groups in total. The molecular formula is C23H18Cl3N3O. The predicted octanol–water partition coefficient (Wildman–Crippen LogP) is 7.15. The molecule has 4 nitrogen and oxygen atoms in total. The van der Waals surface area contributed by atoms with E-state index in [-0.39, 0.29) is 5.91 Å². The lowest BCUT2D eigenvalue weighted by molar-refractivity contribution is -0.116. The summed E-state index contributed by atoms with van der Waals surface area (Å²) >= 11 is 18.1. The number of nitrogens with zero attached hydrogens (tertiary/aromatic N) is 1. The number of benzene rings is 2. The molecule has 2 aromatic carbocycles. The van der Waals surface area contributed by atoms with E-state index in [0.29, 0.717) is 33.6 Å². The van der Waals surface area contributed by atoms with Gasteiger partial charge in [0, 0.05) is 23.5 Å². The van der Waals surface area contributed by atoms with E-state index in [2.05, 4.69) is 21.4 Å². The van der Waals surface area contributed by atoms with Crippen LogP contribution >= 0.6 is 34.8 Å². The van der Waals surface area contributed by atoms with Gasteiger partial charge in [0.25, 0.3) is 0 Å². The second-order valence-corrected chi connectivity index (χ2v) is 8.11. The van der Waals surface area contributed by atoms with Crippen molar-refractivity contribution in [3.63, 3.8) is 0 Å². The van der Waals surface area contributed by atoms with E-state index in [1.54, 1.807) is 12.3 Å². The van der Waals surface area contributed by atoms with Gasteiger partial charge in [0.1, 0.15) is 0 Å². The summed E-state index contributed by atoms with van der Waals surface area (Å²) in [6, 6.07) is 17.1. The highest BCUT2D eigenvalue weighted by atomic mass is 35.5. The first kappa shape index (κ1) is 20.7. The van der Waals surface area contributed by atoms with E-state index in [1.807, 2.05) is 36.4 Å². The minimum absolute atomic E-state index is 0.130. The van der Waals surface area contributed by atoms with Crippen molar-refractivity contribution in [2.24, 2.45) is 0 Å². The number of aromatic nitrogens is 2. The fourth-order valence-electron chi connectivity index (χ4n) is 3.45. The predicted molar refractivity (Wildman–Crippen MR) is 125 cm³/mol. The second-order valence-electron chi connectivity index (χ2n) is 6.89. The van der Waals surface area contributed by atoms with Crippen LogP contribution < -0.4 is 5.32 Å². The van der Waals surface area contributed by atoms with Crippen LogP contribution in [0, 0.1) is 0 Å². The van der Waals surface area contributed by atoms with Gasteiger partial charge in [-0.25, -0.2) is 0 Å². The van der Waals surface area contributed by atoms with Crippen LogP contribution in [0.3, 0.4) is 0 Å². The van der Waals surface area contributed by atoms with Gasteiger partial charge >= 0.3 is 0 Å². The third kappa shape index (κ3) is 4.46. The topological polar surface area (TPSA) is 57.8 Å². The number of rotatable bonds is 6. The molecule has 0 bridgehead atoms. The van der Waals surface area contributed by atoms with E-state index in [0.717, 1.165) is 34.3 Å². The number of aryl methyl sites for hydroxylation is 1. The summed E-state index contributed by atoms with van der Waals surface area (Å²) in [6.07, 6.45) is 3.53. The maximum atomic E-state index is 12.4. The highest BCUT2D eigenvalue weighted by Gasteiger charge is 2.15. The summed E-state index contributed by atoms with van der Waals surface area (Å²) < 4.78 is 0. The Kier molecular flexibility index (Phi) is 6.28. The number of halogens is 3. The van der Waals surface area contributed by atoms with Crippen molar-refractivity contribution < 1.29 is 4.79 Å². The number of carbonyl (C=O) groups excluding carboxylic acids is 1. The van der Waals surface area contributed by atoms with E-state index in [1.165, 1.54) is 6.07 Å². The third-order valence-corrected chi connectivity index (χ3v) is 5.88. The molecule has 0 aliphatic rings. The van der Waals surface area contributed by atoms with Crippen LogP contribution in [0.4, 0.5) is 5.69 Å². The quantitative estimate of drug-likeness (QED) is 0.301. The Morgan fingerprint density at radius 2 is 1.73 bits per heavy atom. The second kappa shape index (κ2) is 9.09. The number of amides is 1. The Hall–Kier alpha value is -2.53. The van der Waals surface area contributed by atoms with Gasteiger partial charge in [0.2, 0.25) is 5.91 Å². The van der Waals surface area contributed by atoms with Gasteiger partial charge in [-0.05, 0) is 48.7 Å². The van der Waals surface area contributed by atoms with E-state index >= 15 is 0 Å². The van der Waals surface area contributed by atoms with Crippen LogP contribution in [0.25, 0.3) is 22.3 Å². The van der Waals surface area contributed by atoms with Crippen LogP contribution in [0.2, 0.25) is 15.1 Å². The molecule has 0 fully saturated rings. The molecule has 2 heterocycles. The van der Waals surface area contributed by atoms with Crippen molar-refractivity contribution in [3.8, 4) is 11.4 Å². The standard InChI is InChI=1S/C23H18Cl3N3O/c24-16-12-18(26)21(13-17(16)25)28-22(30)10-5-7-15-14-6-1-2-8-19(14)29-23(15)20-9-3-4-11-27-20/h1-4,6,8-9,11-13,29H,5,7,10H2,(H,28,30). The third-order valence-electron chi connectivity index (χ3n) is 4.85. The smallest absolute Gasteiger partial charge is 0.224 e. The van der Waals surface area contributed by atoms with Crippen molar-refractivity contribution >= 4 is 57.3 Å². The number of aromatic amines is 1. The first-order valence-electron chi connectivity index (χ1n) is 9.48. The number of carbonyl (C=O) groups is 1. The lowest BCUT2D eigenvalue weighted by Crippen LogP contribution is -2.12. The number of fused-ring (bicyclic) bond motifs is 1. The van der Waals surface area contributed by atoms with Crippen molar-refractivity contribution in [2.45, 2.75) is 19.3 Å². The molecule has 30 heavy (non-hydrogen) atoms. The molecular weight excluding hydrogens is 441 g/mol. The molecule has 0 aliphatic carbocycles. The molecule has 7 heteroatoms. The number of hydrogen-bond acceptors (Lipinski definition) is 2. The van der Waals surface area contributed by atoms with Gasteiger partial charge in [-0.3, -0.25) is 9.78 Å². The molecule has 4 rings (SSSR count). The monoisotopic (exact) mass is 457 g/mol. The molecule has 0 aliphatic heterocycles. The lowest BCUT2D eigenvalue weighted by Gasteiger charge is -2.09. The largest absolute Gasteiger partial charge is 0.353 e. The number of para-hydroxylation sites is 1. The van der Waals surface area contributed by atoms with Crippen LogP contribution in [0.15, 0.2) is 60.8 Å². The van der Waals surface area contributed by atoms with Gasteiger partial charge in [-0.15, -0.1) is 0 Å². The zero-order valence-electron chi connectivity index (χ0n) is 15.9. The summed E-state index contributed by atoms with van der Waals surface area (Å²) in [5, 5.41) is 5.00. The highest BCUT2D eigenvalue weighted by molar-refractivity contribution is 6.44. The minimum Gasteiger partial charge on any atom is -0.353 e. The lowest BCUT2D eigenvalue weighted by atomic mass is 10.0. The SMILES string of the molecule is O=C(CCCc1c(-c2ccccn2)[nH]c2ccccc12)Nc1cc(Cl)c(Cl)cc1Cl. The molecule has 1 amide bonds. The van der Waals surface area contributed by atoms with Gasteiger partial charge in [0.05, 0.1) is 32.1 Å². The zero-order chi connectivity index (χ0) is 21.1. The fraction of sp³-hybridized carbons (Fsp3) is 0.130. The van der Waals surface area contributed by atoms with Gasteiger partial charge < -0.3 is 10.3 Å².